The van der Waals surface area contributed by atoms with E-state index in [2.05, 4.69) is 83.5 Å². The zero-order valence-electron chi connectivity index (χ0n) is 26.2. The summed E-state index contributed by atoms with van der Waals surface area (Å²) in [5.74, 6) is 0. The van der Waals surface area contributed by atoms with Gasteiger partial charge in [-0.25, -0.2) is 0 Å². The molecule has 0 aliphatic heterocycles. The van der Waals surface area contributed by atoms with Crippen LogP contribution in [0.15, 0.2) is 130 Å². The molecular weight excluding hydrogens is 603 g/mol. The average molecular weight is 628 g/mol. The van der Waals surface area contributed by atoms with Crippen LogP contribution in [0.4, 0.5) is 0 Å². The van der Waals surface area contributed by atoms with Crippen LogP contribution in [-0.2, 0) is 6.42 Å². The number of aryl methyl sites for hydroxylation is 1. The molecule has 10 rings (SSSR count). The van der Waals surface area contributed by atoms with Gasteiger partial charge < -0.3 is 13.4 Å². The average Bonchev–Trinajstić information content (AvgIpc) is 3.83. The Hall–Kier alpha value is -6.82. The van der Waals surface area contributed by atoms with Crippen LogP contribution in [-0.4, -0.2) is 4.57 Å². The standard InChI is InChI=1S/C44H25N3O2/c45-24-26-7-5-8-27(21-26)28-15-18-39-35(22-28)34-17-20-41-42(44(34)49-39)36-23-29(16-19-40(36)48-41)31-12-6-9-30(25-46)43(31)47-37-13-3-1-10-32(37)33-11-2-4-14-38(33)47/h1,3-10,12-23H,2,11H2. The van der Waals surface area contributed by atoms with E-state index in [9.17, 15) is 10.5 Å². The van der Waals surface area contributed by atoms with Crippen LogP contribution in [0.1, 0.15) is 28.8 Å². The lowest BCUT2D eigenvalue weighted by Crippen LogP contribution is -2.04. The third-order valence-electron chi connectivity index (χ3n) is 9.94. The van der Waals surface area contributed by atoms with Crippen molar-refractivity contribution in [2.24, 2.45) is 0 Å². The molecule has 6 aromatic carbocycles. The van der Waals surface area contributed by atoms with Crippen LogP contribution in [0.5, 0.6) is 0 Å². The highest BCUT2D eigenvalue weighted by Crippen LogP contribution is 2.43. The highest BCUT2D eigenvalue weighted by molar-refractivity contribution is 6.22. The van der Waals surface area contributed by atoms with Gasteiger partial charge in [-0.3, -0.25) is 0 Å². The van der Waals surface area contributed by atoms with E-state index in [0.29, 0.717) is 11.1 Å². The smallest absolute Gasteiger partial charge is 0.147 e. The van der Waals surface area contributed by atoms with Gasteiger partial charge in [-0.2, -0.15) is 10.5 Å². The van der Waals surface area contributed by atoms with Crippen molar-refractivity contribution in [1.82, 2.24) is 4.57 Å². The quantitative estimate of drug-likeness (QED) is 0.195. The molecule has 0 saturated carbocycles. The third-order valence-corrected chi connectivity index (χ3v) is 9.94. The number of para-hydroxylation sites is 2. The number of nitriles is 2. The third kappa shape index (κ3) is 3.97. The zero-order chi connectivity index (χ0) is 32.6. The molecule has 0 spiro atoms. The van der Waals surface area contributed by atoms with Crippen molar-refractivity contribution in [3.8, 4) is 40.1 Å². The number of hydrogen-bond acceptors (Lipinski definition) is 4. The predicted molar refractivity (Wildman–Crippen MR) is 195 cm³/mol. The normalized spacial score (nSPS) is 12.6. The molecule has 228 valence electrons. The molecule has 0 saturated heterocycles. The molecule has 9 aromatic rings. The minimum atomic E-state index is 0.618. The highest BCUT2D eigenvalue weighted by atomic mass is 16.3. The van der Waals surface area contributed by atoms with Gasteiger partial charge in [0.1, 0.15) is 28.4 Å². The van der Waals surface area contributed by atoms with E-state index in [4.69, 9.17) is 8.83 Å². The lowest BCUT2D eigenvalue weighted by atomic mass is 9.97. The molecule has 1 aliphatic carbocycles. The molecule has 49 heavy (non-hydrogen) atoms. The van der Waals surface area contributed by atoms with Gasteiger partial charge in [0.2, 0.25) is 0 Å². The monoisotopic (exact) mass is 627 g/mol. The van der Waals surface area contributed by atoms with E-state index in [1.165, 1.54) is 10.9 Å². The number of hydrogen-bond donors (Lipinski definition) is 0. The van der Waals surface area contributed by atoms with Crippen molar-refractivity contribution in [1.29, 1.82) is 10.5 Å². The Kier molecular flexibility index (Phi) is 5.76. The van der Waals surface area contributed by atoms with Crippen LogP contribution >= 0.6 is 0 Å². The molecule has 0 unspecified atom stereocenters. The van der Waals surface area contributed by atoms with E-state index >= 15 is 0 Å². The van der Waals surface area contributed by atoms with E-state index in [-0.39, 0.29) is 0 Å². The van der Waals surface area contributed by atoms with Gasteiger partial charge in [0.15, 0.2) is 0 Å². The largest absolute Gasteiger partial charge is 0.456 e. The van der Waals surface area contributed by atoms with Crippen molar-refractivity contribution in [2.45, 2.75) is 12.8 Å². The summed E-state index contributed by atoms with van der Waals surface area (Å²) in [6.07, 6.45) is 6.40. The second-order valence-corrected chi connectivity index (χ2v) is 12.6. The predicted octanol–water partition coefficient (Wildman–Crippen LogP) is 11.5. The highest BCUT2D eigenvalue weighted by Gasteiger charge is 2.23. The number of fused-ring (bicyclic) bond motifs is 10. The molecular formula is C44H25N3O2. The molecule has 0 radical (unpaired) electrons. The van der Waals surface area contributed by atoms with Crippen molar-refractivity contribution in [3.05, 3.63) is 144 Å². The van der Waals surface area contributed by atoms with Gasteiger partial charge >= 0.3 is 0 Å². The Morgan fingerprint density at radius 3 is 2.31 bits per heavy atom. The topological polar surface area (TPSA) is 78.8 Å². The van der Waals surface area contributed by atoms with Gasteiger partial charge in [0.25, 0.3) is 0 Å². The number of allylic oxidation sites excluding steroid dienone is 1. The molecule has 3 aromatic heterocycles. The van der Waals surface area contributed by atoms with Gasteiger partial charge in [0, 0.05) is 32.8 Å². The lowest BCUT2D eigenvalue weighted by Gasteiger charge is -2.18. The fraction of sp³-hybridized carbons (Fsp3) is 0.0455. The maximum absolute atomic E-state index is 10.4. The number of aromatic nitrogens is 1. The van der Waals surface area contributed by atoms with Crippen molar-refractivity contribution >= 4 is 60.9 Å². The summed E-state index contributed by atoms with van der Waals surface area (Å²) < 4.78 is 15.2. The van der Waals surface area contributed by atoms with Crippen LogP contribution in [0, 0.1) is 22.7 Å². The summed E-state index contributed by atoms with van der Waals surface area (Å²) in [5, 5.41) is 25.0. The summed E-state index contributed by atoms with van der Waals surface area (Å²) >= 11 is 0. The fourth-order valence-corrected chi connectivity index (χ4v) is 7.75. The second-order valence-electron chi connectivity index (χ2n) is 12.6. The maximum Gasteiger partial charge on any atom is 0.147 e. The first kappa shape index (κ1) is 27.3. The van der Waals surface area contributed by atoms with Crippen LogP contribution in [0.3, 0.4) is 0 Å². The zero-order valence-corrected chi connectivity index (χ0v) is 26.2. The summed E-state index contributed by atoms with van der Waals surface area (Å²) in [7, 11) is 0. The first-order valence-corrected chi connectivity index (χ1v) is 16.3. The number of rotatable bonds is 3. The fourth-order valence-electron chi connectivity index (χ4n) is 7.75. The Morgan fingerprint density at radius 1 is 0.612 bits per heavy atom. The summed E-state index contributed by atoms with van der Waals surface area (Å²) in [5.41, 5.74) is 12.7. The first-order chi connectivity index (χ1) is 24.2. The Balaban J connectivity index is 1.21. The SMILES string of the molecule is N#Cc1cccc(-c2ccc3oc4c(ccc5oc6ccc(-c7cccc(C#N)c7-n7c8c(c9ccccc97)CCC=C8)cc6c54)c3c2)c1. The van der Waals surface area contributed by atoms with Gasteiger partial charge in [-0.05, 0) is 102 Å². The summed E-state index contributed by atoms with van der Waals surface area (Å²) in [6.45, 7) is 0. The van der Waals surface area contributed by atoms with Crippen LogP contribution in [0.25, 0.3) is 88.8 Å². The molecule has 5 nitrogen and oxygen atoms in total. The lowest BCUT2D eigenvalue weighted by molar-refractivity contribution is 0.663. The first-order valence-electron chi connectivity index (χ1n) is 16.3. The minimum Gasteiger partial charge on any atom is -0.456 e. The Labute approximate surface area is 280 Å². The number of benzene rings is 6. The summed E-state index contributed by atoms with van der Waals surface area (Å²) in [4.78, 5) is 0. The molecule has 5 heteroatoms. The Bertz CT molecular complexity index is 2970. The number of nitrogens with zero attached hydrogens (tertiary/aromatic N) is 3. The van der Waals surface area contributed by atoms with E-state index in [1.54, 1.807) is 0 Å². The van der Waals surface area contributed by atoms with Crippen molar-refractivity contribution in [3.63, 3.8) is 0 Å². The molecule has 0 amide bonds. The number of furan rings is 2. The van der Waals surface area contributed by atoms with Crippen molar-refractivity contribution in [2.75, 3.05) is 0 Å². The maximum atomic E-state index is 10.4. The van der Waals surface area contributed by atoms with Gasteiger partial charge in [-0.1, -0.05) is 60.7 Å². The van der Waals surface area contributed by atoms with Crippen LogP contribution < -0.4 is 0 Å². The molecule has 3 heterocycles. The van der Waals surface area contributed by atoms with E-state index in [0.717, 1.165) is 95.9 Å². The molecule has 0 bridgehead atoms. The van der Waals surface area contributed by atoms with E-state index in [1.807, 2.05) is 60.7 Å². The molecule has 0 atom stereocenters. The van der Waals surface area contributed by atoms with Gasteiger partial charge in [-0.15, -0.1) is 0 Å². The Morgan fingerprint density at radius 2 is 1.41 bits per heavy atom. The molecule has 0 fully saturated rings. The van der Waals surface area contributed by atoms with Crippen molar-refractivity contribution < 1.29 is 8.83 Å². The molecule has 0 N–H and O–H groups in total. The van der Waals surface area contributed by atoms with Crippen LogP contribution in [0.2, 0.25) is 0 Å². The van der Waals surface area contributed by atoms with Gasteiger partial charge in [0.05, 0.1) is 33.8 Å². The summed E-state index contributed by atoms with van der Waals surface area (Å²) in [6, 6.07) is 43.4. The second kappa shape index (κ2) is 10.3. The minimum absolute atomic E-state index is 0.618. The van der Waals surface area contributed by atoms with E-state index < -0.39 is 0 Å². The molecule has 1 aliphatic rings.